The second-order valence-corrected chi connectivity index (χ2v) is 4.86. The molecule has 1 atom stereocenters. The highest BCUT2D eigenvalue weighted by atomic mass is 16.5. The Labute approximate surface area is 91.2 Å². The topological polar surface area (TPSA) is 49.8 Å². The molecule has 0 spiro atoms. The normalized spacial score (nSPS) is 23.1. The van der Waals surface area contributed by atoms with E-state index < -0.39 is 5.97 Å². The van der Waals surface area contributed by atoms with Crippen molar-refractivity contribution in [1.29, 1.82) is 0 Å². The molecule has 15 heavy (non-hydrogen) atoms. The Morgan fingerprint density at radius 1 is 1.60 bits per heavy atom. The van der Waals surface area contributed by atoms with E-state index in [1.807, 2.05) is 20.9 Å². The molecule has 0 amide bonds. The zero-order valence-corrected chi connectivity index (χ0v) is 9.82. The summed E-state index contributed by atoms with van der Waals surface area (Å²) < 4.78 is 5.41. The lowest BCUT2D eigenvalue weighted by molar-refractivity contribution is -0.140. The molecule has 88 valence electrons. The molecule has 0 aliphatic carbocycles. The molecule has 1 heterocycles. The highest BCUT2D eigenvalue weighted by molar-refractivity contribution is 5.68. The number of carbonyl (C=O) groups is 1. The minimum Gasteiger partial charge on any atom is -0.481 e. The van der Waals surface area contributed by atoms with Gasteiger partial charge in [0.05, 0.1) is 13.0 Å². The molecule has 1 unspecified atom stereocenters. The number of hydrogen-bond donors (Lipinski definition) is 1. The van der Waals surface area contributed by atoms with Crippen LogP contribution < -0.4 is 0 Å². The van der Waals surface area contributed by atoms with Crippen molar-refractivity contribution in [3.63, 3.8) is 0 Å². The summed E-state index contributed by atoms with van der Waals surface area (Å²) >= 11 is 0. The van der Waals surface area contributed by atoms with Crippen LogP contribution in [-0.2, 0) is 9.53 Å². The van der Waals surface area contributed by atoms with E-state index in [4.69, 9.17) is 9.84 Å². The summed E-state index contributed by atoms with van der Waals surface area (Å²) in [7, 11) is 1.99. The largest absolute Gasteiger partial charge is 0.481 e. The monoisotopic (exact) mass is 215 g/mol. The van der Waals surface area contributed by atoms with E-state index in [9.17, 15) is 4.79 Å². The van der Waals surface area contributed by atoms with Crippen molar-refractivity contribution in [2.24, 2.45) is 0 Å². The molecule has 1 aliphatic rings. The summed E-state index contributed by atoms with van der Waals surface area (Å²) in [4.78, 5) is 12.9. The average molecular weight is 215 g/mol. The Kier molecular flexibility index (Phi) is 4.11. The summed E-state index contributed by atoms with van der Waals surface area (Å²) in [5.41, 5.74) is -0.308. The molecule has 1 fully saturated rings. The molecule has 0 aromatic rings. The van der Waals surface area contributed by atoms with Gasteiger partial charge in [0.15, 0.2) is 0 Å². The van der Waals surface area contributed by atoms with Crippen molar-refractivity contribution in [3.05, 3.63) is 0 Å². The first-order valence-electron chi connectivity index (χ1n) is 5.46. The van der Waals surface area contributed by atoms with Crippen LogP contribution in [0.4, 0.5) is 0 Å². The molecule has 0 aromatic carbocycles. The molecule has 0 saturated carbocycles. The summed E-state index contributed by atoms with van der Waals surface area (Å²) in [6.45, 7) is 5.49. The lowest BCUT2D eigenvalue weighted by atomic mass is 9.95. The van der Waals surface area contributed by atoms with Gasteiger partial charge in [-0.3, -0.25) is 9.69 Å². The van der Waals surface area contributed by atoms with E-state index in [-0.39, 0.29) is 12.0 Å². The fourth-order valence-electron chi connectivity index (χ4n) is 2.02. The van der Waals surface area contributed by atoms with Gasteiger partial charge < -0.3 is 9.84 Å². The molecule has 1 rings (SSSR count). The van der Waals surface area contributed by atoms with Gasteiger partial charge in [-0.05, 0) is 33.7 Å². The van der Waals surface area contributed by atoms with Crippen LogP contribution >= 0.6 is 0 Å². The van der Waals surface area contributed by atoms with E-state index in [1.54, 1.807) is 0 Å². The average Bonchev–Trinajstić information content (AvgIpc) is 2.16. The van der Waals surface area contributed by atoms with E-state index >= 15 is 0 Å². The standard InChI is InChI=1S/C11H21NO3/c1-11(2,7-10(13)14)12(3)9-5-4-6-15-8-9/h9H,4-8H2,1-3H3,(H,13,14). The minimum atomic E-state index is -0.747. The Balaban J connectivity index is 2.55. The van der Waals surface area contributed by atoms with Gasteiger partial charge >= 0.3 is 5.97 Å². The van der Waals surface area contributed by atoms with Crippen molar-refractivity contribution in [2.45, 2.75) is 44.7 Å². The molecular weight excluding hydrogens is 194 g/mol. The van der Waals surface area contributed by atoms with Crippen molar-refractivity contribution < 1.29 is 14.6 Å². The van der Waals surface area contributed by atoms with Gasteiger partial charge in [0.25, 0.3) is 0 Å². The third-order valence-corrected chi connectivity index (χ3v) is 3.22. The SMILES string of the molecule is CN(C1CCCOC1)C(C)(C)CC(=O)O. The number of nitrogens with zero attached hydrogens (tertiary/aromatic N) is 1. The summed E-state index contributed by atoms with van der Waals surface area (Å²) in [6.07, 6.45) is 2.33. The Hall–Kier alpha value is -0.610. The van der Waals surface area contributed by atoms with E-state index in [0.717, 1.165) is 26.1 Å². The predicted molar refractivity (Wildman–Crippen MR) is 57.9 cm³/mol. The first-order chi connectivity index (χ1) is 6.93. The number of carboxylic acids is 1. The summed E-state index contributed by atoms with van der Waals surface area (Å²) in [6, 6.07) is 0.355. The first-order valence-corrected chi connectivity index (χ1v) is 5.46. The third kappa shape index (κ3) is 3.47. The van der Waals surface area contributed by atoms with Gasteiger partial charge in [-0.2, -0.15) is 0 Å². The van der Waals surface area contributed by atoms with Crippen LogP contribution in [0.1, 0.15) is 33.1 Å². The maximum atomic E-state index is 10.7. The highest BCUT2D eigenvalue weighted by Crippen LogP contribution is 2.23. The lowest BCUT2D eigenvalue weighted by Crippen LogP contribution is -2.51. The van der Waals surface area contributed by atoms with Crippen molar-refractivity contribution in [1.82, 2.24) is 4.90 Å². The second-order valence-electron chi connectivity index (χ2n) is 4.86. The quantitative estimate of drug-likeness (QED) is 0.769. The van der Waals surface area contributed by atoms with Gasteiger partial charge in [-0.25, -0.2) is 0 Å². The first kappa shape index (κ1) is 12.5. The fraction of sp³-hybridized carbons (Fsp3) is 0.909. The summed E-state index contributed by atoms with van der Waals surface area (Å²) in [5, 5.41) is 8.84. The number of aliphatic carboxylic acids is 1. The number of likely N-dealkylation sites (N-methyl/N-ethyl adjacent to an activating group) is 1. The third-order valence-electron chi connectivity index (χ3n) is 3.22. The van der Waals surface area contributed by atoms with Gasteiger partial charge in [-0.15, -0.1) is 0 Å². The zero-order valence-electron chi connectivity index (χ0n) is 9.82. The van der Waals surface area contributed by atoms with Crippen LogP contribution in [0.25, 0.3) is 0 Å². The van der Waals surface area contributed by atoms with Crippen LogP contribution in [0.3, 0.4) is 0 Å². The lowest BCUT2D eigenvalue weighted by Gasteiger charge is -2.41. The fourth-order valence-corrected chi connectivity index (χ4v) is 2.02. The Bertz CT molecular complexity index is 222. The second kappa shape index (κ2) is 4.94. The predicted octanol–water partition coefficient (Wildman–Crippen LogP) is 1.35. The van der Waals surface area contributed by atoms with Crippen molar-refractivity contribution in [2.75, 3.05) is 20.3 Å². The van der Waals surface area contributed by atoms with E-state index in [0.29, 0.717) is 6.04 Å². The molecular formula is C11H21NO3. The maximum Gasteiger partial charge on any atom is 0.305 e. The van der Waals surface area contributed by atoms with Crippen LogP contribution in [-0.4, -0.2) is 47.8 Å². The van der Waals surface area contributed by atoms with E-state index in [1.165, 1.54) is 0 Å². The van der Waals surface area contributed by atoms with Crippen LogP contribution in [0.5, 0.6) is 0 Å². The van der Waals surface area contributed by atoms with Gasteiger partial charge in [0.1, 0.15) is 0 Å². The molecule has 1 N–H and O–H groups in total. The van der Waals surface area contributed by atoms with Crippen LogP contribution in [0.2, 0.25) is 0 Å². The molecule has 1 aliphatic heterocycles. The highest BCUT2D eigenvalue weighted by Gasteiger charge is 2.32. The zero-order chi connectivity index (χ0) is 11.5. The Morgan fingerprint density at radius 3 is 2.73 bits per heavy atom. The van der Waals surface area contributed by atoms with Gasteiger partial charge in [-0.1, -0.05) is 0 Å². The summed E-state index contributed by atoms with van der Waals surface area (Å²) in [5.74, 6) is -0.747. The molecule has 0 radical (unpaired) electrons. The number of rotatable bonds is 4. The molecule has 1 saturated heterocycles. The Morgan fingerprint density at radius 2 is 2.27 bits per heavy atom. The number of carboxylic acid groups (broad SMARTS) is 1. The molecule has 0 aromatic heterocycles. The van der Waals surface area contributed by atoms with E-state index in [2.05, 4.69) is 4.90 Å². The van der Waals surface area contributed by atoms with Crippen molar-refractivity contribution >= 4 is 5.97 Å². The van der Waals surface area contributed by atoms with Crippen LogP contribution in [0.15, 0.2) is 0 Å². The van der Waals surface area contributed by atoms with Crippen molar-refractivity contribution in [3.8, 4) is 0 Å². The van der Waals surface area contributed by atoms with Gasteiger partial charge in [0, 0.05) is 18.2 Å². The maximum absolute atomic E-state index is 10.7. The smallest absolute Gasteiger partial charge is 0.305 e. The van der Waals surface area contributed by atoms with Gasteiger partial charge in [0.2, 0.25) is 0 Å². The van der Waals surface area contributed by atoms with Crippen LogP contribution in [0, 0.1) is 0 Å². The molecule has 4 heteroatoms. The number of hydrogen-bond acceptors (Lipinski definition) is 3. The number of ether oxygens (including phenoxy) is 1. The molecule has 0 bridgehead atoms. The minimum absolute atomic E-state index is 0.167. The molecule has 4 nitrogen and oxygen atoms in total.